The molecule has 8 heteroatoms. The molecule has 0 aliphatic rings. The van der Waals surface area contributed by atoms with Crippen molar-refractivity contribution in [2.45, 2.75) is 20.3 Å². The molecule has 3 nitrogen and oxygen atoms in total. The first-order valence-corrected chi connectivity index (χ1v) is 8.11. The molecule has 0 radical (unpaired) electrons. The summed E-state index contributed by atoms with van der Waals surface area (Å²) in [5.41, 5.74) is -0.344. The van der Waals surface area contributed by atoms with Gasteiger partial charge in [-0.2, -0.15) is 0 Å². The molecule has 0 saturated carbocycles. The maximum absolute atomic E-state index is 12.9. The van der Waals surface area contributed by atoms with Crippen LogP contribution in [0.15, 0.2) is 18.2 Å². The zero-order valence-electron chi connectivity index (χ0n) is 11.4. The lowest BCUT2D eigenvalue weighted by Gasteiger charge is -2.20. The van der Waals surface area contributed by atoms with Crippen LogP contribution in [0.5, 0.6) is 5.75 Å². The Hall–Kier alpha value is -1.18. The zero-order chi connectivity index (χ0) is 15.4. The second kappa shape index (κ2) is 6.52. The fraction of sp³-hybridized carbons (Fsp3) is 0.500. The van der Waals surface area contributed by atoms with E-state index in [2.05, 4.69) is 0 Å². The van der Waals surface area contributed by atoms with Crippen molar-refractivity contribution in [2.75, 3.05) is 18.1 Å². The van der Waals surface area contributed by atoms with Crippen molar-refractivity contribution in [1.29, 1.82) is 0 Å². The predicted octanol–water partition coefficient (Wildman–Crippen LogP) is 2.25. The number of hydrogen-bond donors (Lipinski definition) is 0. The van der Waals surface area contributed by atoms with Gasteiger partial charge in [0.15, 0.2) is 9.84 Å². The third-order valence-electron chi connectivity index (χ3n) is 2.68. The van der Waals surface area contributed by atoms with Crippen LogP contribution in [0.3, 0.4) is 0 Å². The Kier molecular flexibility index (Phi) is 5.50. The van der Waals surface area contributed by atoms with Crippen LogP contribution in [-0.4, -0.2) is 33.5 Å². The number of aryl methyl sites for hydroxylation is 1. The van der Waals surface area contributed by atoms with Gasteiger partial charge in [0.05, 0.1) is 17.3 Å². The van der Waals surface area contributed by atoms with E-state index in [0.717, 1.165) is 6.07 Å². The van der Waals surface area contributed by atoms with Gasteiger partial charge in [-0.1, -0.05) is 30.1 Å². The van der Waals surface area contributed by atoms with Crippen LogP contribution in [0.2, 0.25) is 0 Å². The van der Waals surface area contributed by atoms with Crippen molar-refractivity contribution < 1.29 is 26.1 Å². The smallest absolute Gasteiger partial charge is 0.496 e. The second-order valence-electron chi connectivity index (χ2n) is 4.62. The molecule has 114 valence electrons. The van der Waals surface area contributed by atoms with Crippen molar-refractivity contribution in [3.05, 3.63) is 23.8 Å². The third kappa shape index (κ3) is 5.07. The van der Waals surface area contributed by atoms with Gasteiger partial charge in [0.1, 0.15) is 6.61 Å². The summed E-state index contributed by atoms with van der Waals surface area (Å²) in [4.78, 5) is 0. The molecule has 1 rings (SSSR count). The summed E-state index contributed by atoms with van der Waals surface area (Å²) in [6.45, 7) is -2.18. The maximum Gasteiger partial charge on any atom is 0.513 e. The molecule has 0 aliphatic carbocycles. The molecule has 0 aliphatic heterocycles. The van der Waals surface area contributed by atoms with Crippen LogP contribution in [0.4, 0.5) is 12.9 Å². The van der Waals surface area contributed by atoms with Gasteiger partial charge in [-0.25, -0.2) is 8.42 Å². The van der Waals surface area contributed by atoms with E-state index < -0.39 is 22.3 Å². The monoisotopic (exact) mass is 309 g/mol. The summed E-state index contributed by atoms with van der Waals surface area (Å²) in [6.07, 6.45) is 0.476. The minimum Gasteiger partial charge on any atom is -0.496 e. The summed E-state index contributed by atoms with van der Waals surface area (Å²) in [7, 11) is -3.26. The largest absolute Gasteiger partial charge is 0.513 e. The number of rotatable bonds is 7. The molecule has 0 amide bonds. The normalized spacial score (nSPS) is 12.4. The SMILES string of the molecule is CCCS(=O)(=O)CCOc1ccc(C)cc1[B-](F)(F)F. The van der Waals surface area contributed by atoms with Crippen LogP contribution in [0, 0.1) is 6.92 Å². The van der Waals surface area contributed by atoms with E-state index in [0.29, 0.717) is 12.0 Å². The molecule has 0 heterocycles. The first-order chi connectivity index (χ1) is 9.15. The highest BCUT2D eigenvalue weighted by Gasteiger charge is 2.29. The fourth-order valence-corrected chi connectivity index (χ4v) is 2.91. The molecule has 1 aromatic rings. The van der Waals surface area contributed by atoms with E-state index >= 15 is 0 Å². The van der Waals surface area contributed by atoms with Crippen molar-refractivity contribution in [1.82, 2.24) is 0 Å². The van der Waals surface area contributed by atoms with E-state index in [1.807, 2.05) is 0 Å². The van der Waals surface area contributed by atoms with Gasteiger partial charge in [-0.15, -0.1) is 0 Å². The molecular formula is C12H17BF3O3S-. The van der Waals surface area contributed by atoms with Gasteiger partial charge < -0.3 is 17.7 Å². The first-order valence-electron chi connectivity index (χ1n) is 6.29. The van der Waals surface area contributed by atoms with E-state index in [9.17, 15) is 21.4 Å². The Bertz CT molecular complexity index is 556. The van der Waals surface area contributed by atoms with E-state index in [4.69, 9.17) is 4.74 Å². The third-order valence-corrected chi connectivity index (χ3v) is 4.50. The molecule has 0 unspecified atom stereocenters. The Balaban J connectivity index is 2.79. The Morgan fingerprint density at radius 1 is 1.20 bits per heavy atom. The minimum atomic E-state index is -5.19. The Morgan fingerprint density at radius 3 is 2.40 bits per heavy atom. The van der Waals surface area contributed by atoms with Crippen molar-refractivity contribution in [3.63, 3.8) is 0 Å². The number of hydrogen-bond acceptors (Lipinski definition) is 3. The number of halogens is 3. The minimum absolute atomic E-state index is 0.0142. The lowest BCUT2D eigenvalue weighted by atomic mass is 9.78. The molecule has 1 aromatic carbocycles. The highest BCUT2D eigenvalue weighted by atomic mass is 32.2. The molecule has 0 spiro atoms. The molecule has 20 heavy (non-hydrogen) atoms. The molecule has 0 N–H and O–H groups in total. The molecule has 0 saturated heterocycles. The first kappa shape index (κ1) is 16.9. The molecule has 0 atom stereocenters. The molecule has 0 aromatic heterocycles. The summed E-state index contributed by atoms with van der Waals surface area (Å²) >= 11 is 0. The predicted molar refractivity (Wildman–Crippen MR) is 74.3 cm³/mol. The Morgan fingerprint density at radius 2 is 1.85 bits per heavy atom. The van der Waals surface area contributed by atoms with Gasteiger partial charge >= 0.3 is 6.98 Å². The van der Waals surface area contributed by atoms with Gasteiger partial charge in [0.2, 0.25) is 0 Å². The lowest BCUT2D eigenvalue weighted by Crippen LogP contribution is -2.36. The van der Waals surface area contributed by atoms with E-state index in [-0.39, 0.29) is 23.9 Å². The van der Waals surface area contributed by atoms with Crippen molar-refractivity contribution >= 4 is 22.3 Å². The van der Waals surface area contributed by atoms with Gasteiger partial charge in [-0.05, 0) is 19.4 Å². The van der Waals surface area contributed by atoms with Crippen molar-refractivity contribution in [2.24, 2.45) is 0 Å². The van der Waals surface area contributed by atoms with Crippen LogP contribution >= 0.6 is 0 Å². The van der Waals surface area contributed by atoms with Gasteiger partial charge in [-0.3, -0.25) is 0 Å². The number of benzene rings is 1. The van der Waals surface area contributed by atoms with Gasteiger partial charge in [0.25, 0.3) is 0 Å². The van der Waals surface area contributed by atoms with Crippen LogP contribution < -0.4 is 10.2 Å². The molecule has 0 fully saturated rings. The average molecular weight is 309 g/mol. The lowest BCUT2D eigenvalue weighted by molar-refractivity contribution is 0.341. The quantitative estimate of drug-likeness (QED) is 0.726. The number of ether oxygens (including phenoxy) is 1. The van der Waals surface area contributed by atoms with Gasteiger partial charge in [0, 0.05) is 0 Å². The topological polar surface area (TPSA) is 43.4 Å². The fourth-order valence-electron chi connectivity index (χ4n) is 1.75. The van der Waals surface area contributed by atoms with E-state index in [1.165, 1.54) is 12.1 Å². The standard InChI is InChI=1S/C12H17BF3O3S/c1-3-7-20(17,18)8-6-19-12-5-4-10(2)9-11(12)13(14,15)16/h4-5,9H,3,6-8H2,1-2H3/q-1. The molecule has 0 bridgehead atoms. The van der Waals surface area contributed by atoms with Crippen molar-refractivity contribution in [3.8, 4) is 5.75 Å². The summed E-state index contributed by atoms with van der Waals surface area (Å²) in [6, 6.07) is 3.74. The summed E-state index contributed by atoms with van der Waals surface area (Å²) in [5, 5.41) is 0. The average Bonchev–Trinajstić information content (AvgIpc) is 2.29. The Labute approximate surface area is 117 Å². The molecular weight excluding hydrogens is 292 g/mol. The van der Waals surface area contributed by atoms with Crippen LogP contribution in [-0.2, 0) is 9.84 Å². The highest BCUT2D eigenvalue weighted by molar-refractivity contribution is 7.91. The van der Waals surface area contributed by atoms with E-state index in [1.54, 1.807) is 13.8 Å². The second-order valence-corrected chi connectivity index (χ2v) is 6.92. The van der Waals surface area contributed by atoms with Crippen LogP contribution in [0.1, 0.15) is 18.9 Å². The van der Waals surface area contributed by atoms with Crippen LogP contribution in [0.25, 0.3) is 0 Å². The zero-order valence-corrected chi connectivity index (χ0v) is 12.2. The highest BCUT2D eigenvalue weighted by Crippen LogP contribution is 2.19. The number of sulfone groups is 1. The maximum atomic E-state index is 12.9. The summed E-state index contributed by atoms with van der Waals surface area (Å²) < 4.78 is 66.6. The summed E-state index contributed by atoms with van der Waals surface area (Å²) in [5.74, 6) is -0.575.